The maximum atomic E-state index is 5.62. The van der Waals surface area contributed by atoms with Crippen molar-refractivity contribution in [3.8, 4) is 0 Å². The van der Waals surface area contributed by atoms with E-state index >= 15 is 0 Å². The topological polar surface area (TPSA) is 12.0 Å². The molecule has 1 unspecified atom stereocenters. The third-order valence-electron chi connectivity index (χ3n) is 2.47. The lowest BCUT2D eigenvalue weighted by atomic mass is 10.2. The van der Waals surface area contributed by atoms with E-state index in [-0.39, 0.29) is 0 Å². The second-order valence-corrected chi connectivity index (χ2v) is 5.58. The van der Waals surface area contributed by atoms with Gasteiger partial charge in [-0.3, -0.25) is 0 Å². The van der Waals surface area contributed by atoms with Gasteiger partial charge in [-0.1, -0.05) is 32.6 Å². The van der Waals surface area contributed by atoms with Crippen LogP contribution in [-0.2, 0) is 0 Å². The number of unbranched alkanes of at least 4 members (excludes halogenated alkanes) is 4. The van der Waals surface area contributed by atoms with Crippen LogP contribution in [0.1, 0.15) is 51.9 Å². The first-order chi connectivity index (χ1) is 7.35. The molecule has 1 nitrogen and oxygen atoms in total. The third-order valence-corrected chi connectivity index (χ3v) is 4.14. The Hall–Kier alpha value is 0.600. The highest BCUT2D eigenvalue weighted by atomic mass is 35.5. The van der Waals surface area contributed by atoms with Gasteiger partial charge in [-0.05, 0) is 32.1 Å². The molecule has 1 N–H and O–H groups in total. The second-order valence-electron chi connectivity index (χ2n) is 3.89. The average molecular weight is 252 g/mol. The molecule has 0 spiro atoms. The summed E-state index contributed by atoms with van der Waals surface area (Å²) < 4.78 is 0. The minimum Gasteiger partial charge on any atom is -0.308 e. The molecule has 0 saturated heterocycles. The van der Waals surface area contributed by atoms with Crippen LogP contribution < -0.4 is 5.32 Å². The van der Waals surface area contributed by atoms with Crippen molar-refractivity contribution in [3.05, 3.63) is 0 Å². The minimum atomic E-state index is 0.665. The van der Waals surface area contributed by atoms with Crippen molar-refractivity contribution in [2.75, 3.05) is 18.7 Å². The highest BCUT2D eigenvalue weighted by Crippen LogP contribution is 2.16. The lowest BCUT2D eigenvalue weighted by Crippen LogP contribution is -2.21. The zero-order valence-electron chi connectivity index (χ0n) is 10.2. The zero-order chi connectivity index (χ0) is 11.4. The number of halogens is 1. The van der Waals surface area contributed by atoms with Crippen LogP contribution in [-0.4, -0.2) is 24.1 Å². The normalized spacial score (nSPS) is 13.0. The van der Waals surface area contributed by atoms with Crippen molar-refractivity contribution < 1.29 is 0 Å². The van der Waals surface area contributed by atoms with Crippen LogP contribution in [0, 0.1) is 0 Å². The predicted octanol–water partition coefficient (Wildman–Crippen LogP) is 4.25. The molecule has 0 bridgehead atoms. The summed E-state index contributed by atoms with van der Waals surface area (Å²) in [4.78, 5) is 0. The smallest absolute Gasteiger partial charge is 0.0529 e. The van der Waals surface area contributed by atoms with Gasteiger partial charge in [0.2, 0.25) is 0 Å². The molecule has 0 aromatic rings. The number of hydrogen-bond donors (Lipinski definition) is 1. The molecular formula is C12H26ClNS. The van der Waals surface area contributed by atoms with Gasteiger partial charge in [0.25, 0.3) is 0 Å². The number of hydrogen-bond acceptors (Lipinski definition) is 2. The Bertz CT molecular complexity index is 122. The highest BCUT2D eigenvalue weighted by Gasteiger charge is 2.03. The van der Waals surface area contributed by atoms with E-state index in [1.165, 1.54) is 50.7 Å². The number of rotatable bonds is 11. The van der Waals surface area contributed by atoms with Crippen LogP contribution in [0.15, 0.2) is 0 Å². The standard InChI is InChI=1S/C12H26ClNS/c1-3-9-12(14-2)15-11-8-6-4-5-7-10-13/h12,14H,3-11H2,1-2H3. The highest BCUT2D eigenvalue weighted by molar-refractivity contribution is 7.99. The van der Waals surface area contributed by atoms with Gasteiger partial charge in [0, 0.05) is 5.88 Å². The lowest BCUT2D eigenvalue weighted by Gasteiger charge is -2.14. The summed E-state index contributed by atoms with van der Waals surface area (Å²) in [7, 11) is 2.06. The van der Waals surface area contributed by atoms with E-state index in [9.17, 15) is 0 Å². The maximum Gasteiger partial charge on any atom is 0.0529 e. The Morgan fingerprint density at radius 2 is 1.80 bits per heavy atom. The molecule has 0 saturated carbocycles. The van der Waals surface area contributed by atoms with Crippen LogP contribution in [0.4, 0.5) is 0 Å². The second kappa shape index (κ2) is 12.7. The first-order valence-corrected chi connectivity index (χ1v) is 7.78. The van der Waals surface area contributed by atoms with Crippen molar-refractivity contribution in [2.24, 2.45) is 0 Å². The van der Waals surface area contributed by atoms with Crippen molar-refractivity contribution in [1.29, 1.82) is 0 Å². The fraction of sp³-hybridized carbons (Fsp3) is 1.00. The van der Waals surface area contributed by atoms with Crippen molar-refractivity contribution in [1.82, 2.24) is 5.32 Å². The van der Waals surface area contributed by atoms with Crippen LogP contribution in [0.5, 0.6) is 0 Å². The van der Waals surface area contributed by atoms with Crippen LogP contribution in [0.3, 0.4) is 0 Å². The molecule has 0 aliphatic carbocycles. The average Bonchev–Trinajstić information content (AvgIpc) is 2.26. The molecule has 1 atom stereocenters. The van der Waals surface area contributed by atoms with Gasteiger partial charge in [0.05, 0.1) is 5.37 Å². The number of alkyl halides is 1. The Morgan fingerprint density at radius 3 is 2.40 bits per heavy atom. The van der Waals surface area contributed by atoms with E-state index in [0.29, 0.717) is 5.37 Å². The Morgan fingerprint density at radius 1 is 1.13 bits per heavy atom. The molecular weight excluding hydrogens is 226 g/mol. The van der Waals surface area contributed by atoms with Crippen LogP contribution in [0.25, 0.3) is 0 Å². The zero-order valence-corrected chi connectivity index (χ0v) is 11.8. The fourth-order valence-electron chi connectivity index (χ4n) is 1.53. The van der Waals surface area contributed by atoms with Crippen molar-refractivity contribution in [3.63, 3.8) is 0 Å². The number of nitrogens with one attached hydrogen (secondary N) is 1. The van der Waals surface area contributed by atoms with Crippen molar-refractivity contribution in [2.45, 2.75) is 57.2 Å². The van der Waals surface area contributed by atoms with E-state index < -0.39 is 0 Å². The third kappa shape index (κ3) is 10.9. The van der Waals surface area contributed by atoms with Gasteiger partial charge in [-0.25, -0.2) is 0 Å². The minimum absolute atomic E-state index is 0.665. The van der Waals surface area contributed by atoms with E-state index in [2.05, 4.69) is 31.1 Å². The Labute approximate surface area is 105 Å². The molecule has 15 heavy (non-hydrogen) atoms. The molecule has 0 fully saturated rings. The van der Waals surface area contributed by atoms with Gasteiger partial charge in [0.1, 0.15) is 0 Å². The van der Waals surface area contributed by atoms with Gasteiger partial charge in [-0.15, -0.1) is 23.4 Å². The summed E-state index contributed by atoms with van der Waals surface area (Å²) in [6.45, 7) is 2.25. The molecule has 0 rings (SSSR count). The van der Waals surface area contributed by atoms with Crippen molar-refractivity contribution >= 4 is 23.4 Å². The molecule has 0 aromatic heterocycles. The van der Waals surface area contributed by atoms with Gasteiger partial charge < -0.3 is 5.32 Å². The SMILES string of the molecule is CCCC(NC)SCCCCCCCCl. The van der Waals surface area contributed by atoms with E-state index in [4.69, 9.17) is 11.6 Å². The molecule has 3 heteroatoms. The lowest BCUT2D eigenvalue weighted by molar-refractivity contribution is 0.650. The first kappa shape index (κ1) is 15.6. The Balaban J connectivity index is 3.14. The van der Waals surface area contributed by atoms with Gasteiger partial charge >= 0.3 is 0 Å². The molecule has 0 radical (unpaired) electrons. The Kier molecular flexibility index (Phi) is 13.2. The fourth-order valence-corrected chi connectivity index (χ4v) is 2.94. The summed E-state index contributed by atoms with van der Waals surface area (Å²) in [5, 5.41) is 4.02. The van der Waals surface area contributed by atoms with Gasteiger partial charge in [0.15, 0.2) is 0 Å². The maximum absolute atomic E-state index is 5.62. The van der Waals surface area contributed by atoms with Crippen LogP contribution in [0.2, 0.25) is 0 Å². The van der Waals surface area contributed by atoms with E-state index in [1.54, 1.807) is 0 Å². The van der Waals surface area contributed by atoms with E-state index in [1.807, 2.05) is 0 Å². The summed E-state index contributed by atoms with van der Waals surface area (Å²) in [6, 6.07) is 0. The number of thioether (sulfide) groups is 1. The largest absolute Gasteiger partial charge is 0.308 e. The molecule has 92 valence electrons. The molecule has 0 aliphatic heterocycles. The molecule has 0 aromatic carbocycles. The predicted molar refractivity (Wildman–Crippen MR) is 74.0 cm³/mol. The molecule has 0 amide bonds. The quantitative estimate of drug-likeness (QED) is 0.335. The summed E-state index contributed by atoms with van der Waals surface area (Å²) in [6.07, 6.45) is 9.12. The van der Waals surface area contributed by atoms with Crippen LogP contribution >= 0.6 is 23.4 Å². The summed E-state index contributed by atoms with van der Waals surface area (Å²) >= 11 is 7.70. The summed E-state index contributed by atoms with van der Waals surface area (Å²) in [5.74, 6) is 2.12. The van der Waals surface area contributed by atoms with E-state index in [0.717, 1.165) is 5.88 Å². The molecule has 0 heterocycles. The molecule has 0 aliphatic rings. The first-order valence-electron chi connectivity index (χ1n) is 6.20. The van der Waals surface area contributed by atoms with Gasteiger partial charge in [-0.2, -0.15) is 0 Å². The monoisotopic (exact) mass is 251 g/mol. The summed E-state index contributed by atoms with van der Waals surface area (Å²) in [5.41, 5.74) is 0.